The van der Waals surface area contributed by atoms with Crippen LogP contribution in [-0.4, -0.2) is 11.2 Å². The van der Waals surface area contributed by atoms with Crippen LogP contribution in [0.25, 0.3) is 10.9 Å². The summed E-state index contributed by atoms with van der Waals surface area (Å²) in [6, 6.07) is 16.0. The Morgan fingerprint density at radius 1 is 1.05 bits per heavy atom. The first kappa shape index (κ1) is 12.6. The van der Waals surface area contributed by atoms with Gasteiger partial charge >= 0.3 is 0 Å². The lowest BCUT2D eigenvalue weighted by atomic mass is 10.1. The Kier molecular flexibility index (Phi) is 3.33. The Balaban J connectivity index is 1.68. The third-order valence-electron chi connectivity index (χ3n) is 3.51. The molecule has 3 heteroatoms. The molecule has 1 heterocycles. The Labute approximate surface area is 118 Å². The first-order valence-electron chi connectivity index (χ1n) is 6.77. The monoisotopic (exact) mass is 266 g/mol. The zero-order valence-corrected chi connectivity index (χ0v) is 11.5. The second kappa shape index (κ2) is 5.29. The predicted molar refractivity (Wildman–Crippen MR) is 83.0 cm³/mol. The van der Waals surface area contributed by atoms with Crippen molar-refractivity contribution < 1.29 is 4.74 Å². The Bertz CT molecular complexity index is 713. The lowest BCUT2D eigenvalue weighted by molar-refractivity contribution is 0.300. The molecular formula is C17H18N2O. The zero-order chi connectivity index (χ0) is 13.9. The maximum absolute atomic E-state index is 5.74. The number of fused-ring (bicyclic) bond motifs is 1. The van der Waals surface area contributed by atoms with Crippen molar-refractivity contribution in [2.45, 2.75) is 13.5 Å². The van der Waals surface area contributed by atoms with Gasteiger partial charge in [0.25, 0.3) is 0 Å². The number of hydrogen-bond acceptors (Lipinski definition) is 2. The number of benzene rings is 2. The second-order valence-electron chi connectivity index (χ2n) is 4.93. The van der Waals surface area contributed by atoms with Crippen LogP contribution < -0.4 is 10.5 Å². The smallest absolute Gasteiger partial charge is 0.119 e. The molecule has 0 spiro atoms. The van der Waals surface area contributed by atoms with Crippen molar-refractivity contribution in [3.8, 4) is 5.75 Å². The molecule has 102 valence electrons. The molecule has 3 rings (SSSR count). The van der Waals surface area contributed by atoms with Gasteiger partial charge in [0.2, 0.25) is 0 Å². The predicted octanol–water partition coefficient (Wildman–Crippen LogP) is 3.61. The fraction of sp³-hybridized carbons (Fsp3) is 0.176. The van der Waals surface area contributed by atoms with Gasteiger partial charge in [-0.2, -0.15) is 0 Å². The van der Waals surface area contributed by atoms with Crippen molar-refractivity contribution >= 4 is 16.6 Å². The van der Waals surface area contributed by atoms with Crippen molar-refractivity contribution in [2.75, 3.05) is 12.3 Å². The van der Waals surface area contributed by atoms with Crippen molar-refractivity contribution in [3.05, 3.63) is 60.3 Å². The largest absolute Gasteiger partial charge is 0.492 e. The average Bonchev–Trinajstić information content (AvgIpc) is 2.86. The van der Waals surface area contributed by atoms with Crippen molar-refractivity contribution in [1.29, 1.82) is 0 Å². The molecular weight excluding hydrogens is 248 g/mol. The minimum atomic E-state index is 0.641. The molecule has 2 N–H and O–H groups in total. The van der Waals surface area contributed by atoms with E-state index in [1.54, 1.807) is 0 Å². The van der Waals surface area contributed by atoms with Crippen LogP contribution in [-0.2, 0) is 6.54 Å². The van der Waals surface area contributed by atoms with Crippen molar-refractivity contribution in [2.24, 2.45) is 0 Å². The van der Waals surface area contributed by atoms with Gasteiger partial charge in [-0.1, -0.05) is 12.1 Å². The minimum Gasteiger partial charge on any atom is -0.492 e. The van der Waals surface area contributed by atoms with E-state index in [-0.39, 0.29) is 0 Å². The number of ether oxygens (including phenoxy) is 1. The molecule has 3 aromatic rings. The van der Waals surface area contributed by atoms with Crippen LogP contribution in [0.1, 0.15) is 5.56 Å². The number of nitrogens with zero attached hydrogens (tertiary/aromatic N) is 1. The quantitative estimate of drug-likeness (QED) is 0.733. The highest BCUT2D eigenvalue weighted by Crippen LogP contribution is 2.19. The summed E-state index contributed by atoms with van der Waals surface area (Å²) in [5.74, 6) is 0.854. The summed E-state index contributed by atoms with van der Waals surface area (Å²) >= 11 is 0. The van der Waals surface area contributed by atoms with Gasteiger partial charge in [0.05, 0.1) is 6.54 Å². The van der Waals surface area contributed by atoms with Crippen LogP contribution in [0.2, 0.25) is 0 Å². The molecule has 0 aliphatic heterocycles. The summed E-state index contributed by atoms with van der Waals surface area (Å²) in [5, 5.41) is 1.31. The normalized spacial score (nSPS) is 10.8. The van der Waals surface area contributed by atoms with E-state index >= 15 is 0 Å². The van der Waals surface area contributed by atoms with Gasteiger partial charge in [0.15, 0.2) is 0 Å². The Morgan fingerprint density at radius 2 is 1.85 bits per heavy atom. The Hall–Kier alpha value is -2.42. The van der Waals surface area contributed by atoms with Gasteiger partial charge < -0.3 is 15.0 Å². The van der Waals surface area contributed by atoms with Crippen LogP contribution in [0.3, 0.4) is 0 Å². The standard InChI is InChI=1S/C17H18N2O/c1-13-3-2-4-17-16(13)9-10-19(17)11-12-20-15-7-5-14(18)6-8-15/h2-10H,11-12,18H2,1H3. The minimum absolute atomic E-state index is 0.641. The number of nitrogen functional groups attached to an aromatic ring is 1. The van der Waals surface area contributed by atoms with Gasteiger partial charge in [0.1, 0.15) is 12.4 Å². The van der Waals surface area contributed by atoms with Gasteiger partial charge in [0, 0.05) is 22.8 Å². The van der Waals surface area contributed by atoms with Gasteiger partial charge in [-0.15, -0.1) is 0 Å². The summed E-state index contributed by atoms with van der Waals surface area (Å²) in [7, 11) is 0. The van der Waals surface area contributed by atoms with E-state index < -0.39 is 0 Å². The molecule has 0 aliphatic carbocycles. The second-order valence-corrected chi connectivity index (χ2v) is 4.93. The maximum atomic E-state index is 5.74. The van der Waals surface area contributed by atoms with Gasteiger partial charge in [-0.3, -0.25) is 0 Å². The lowest BCUT2D eigenvalue weighted by Gasteiger charge is -2.09. The number of hydrogen-bond donors (Lipinski definition) is 1. The van der Waals surface area contributed by atoms with E-state index in [1.165, 1.54) is 16.5 Å². The SMILES string of the molecule is Cc1cccc2c1ccn2CCOc1ccc(N)cc1. The molecule has 1 aromatic heterocycles. The van der Waals surface area contributed by atoms with Gasteiger partial charge in [-0.25, -0.2) is 0 Å². The van der Waals surface area contributed by atoms with E-state index in [1.807, 2.05) is 24.3 Å². The first-order valence-corrected chi connectivity index (χ1v) is 6.77. The van der Waals surface area contributed by atoms with E-state index in [0.29, 0.717) is 6.61 Å². The molecule has 2 aromatic carbocycles. The molecule has 0 fully saturated rings. The number of nitrogens with two attached hydrogens (primary N) is 1. The molecule has 20 heavy (non-hydrogen) atoms. The number of aromatic nitrogens is 1. The van der Waals surface area contributed by atoms with Crippen LogP contribution in [0.15, 0.2) is 54.7 Å². The highest BCUT2D eigenvalue weighted by atomic mass is 16.5. The molecule has 0 saturated carbocycles. The highest BCUT2D eigenvalue weighted by Gasteiger charge is 2.02. The van der Waals surface area contributed by atoms with Crippen LogP contribution in [0.4, 0.5) is 5.69 Å². The van der Waals surface area contributed by atoms with E-state index in [2.05, 4.69) is 42.0 Å². The van der Waals surface area contributed by atoms with E-state index in [9.17, 15) is 0 Å². The molecule has 0 amide bonds. The molecule has 3 nitrogen and oxygen atoms in total. The van der Waals surface area contributed by atoms with E-state index in [0.717, 1.165) is 18.0 Å². The fourth-order valence-electron chi connectivity index (χ4n) is 2.40. The van der Waals surface area contributed by atoms with Gasteiger partial charge in [-0.05, 0) is 48.9 Å². The van der Waals surface area contributed by atoms with Crippen LogP contribution in [0.5, 0.6) is 5.75 Å². The summed E-state index contributed by atoms with van der Waals surface area (Å²) < 4.78 is 7.96. The third kappa shape index (κ3) is 2.48. The molecule has 0 atom stereocenters. The molecule has 0 aliphatic rings. The fourth-order valence-corrected chi connectivity index (χ4v) is 2.40. The summed E-state index contributed by atoms with van der Waals surface area (Å²) in [6.45, 7) is 3.61. The molecule has 0 bridgehead atoms. The molecule has 0 radical (unpaired) electrons. The van der Waals surface area contributed by atoms with Crippen molar-refractivity contribution in [1.82, 2.24) is 4.57 Å². The topological polar surface area (TPSA) is 40.2 Å². The third-order valence-corrected chi connectivity index (χ3v) is 3.51. The first-order chi connectivity index (χ1) is 9.74. The Morgan fingerprint density at radius 3 is 2.65 bits per heavy atom. The molecule has 0 unspecified atom stereocenters. The average molecular weight is 266 g/mol. The number of rotatable bonds is 4. The zero-order valence-electron chi connectivity index (χ0n) is 11.5. The maximum Gasteiger partial charge on any atom is 0.119 e. The summed E-state index contributed by atoms with van der Waals surface area (Å²) in [6.07, 6.45) is 2.12. The van der Waals surface area contributed by atoms with E-state index in [4.69, 9.17) is 10.5 Å². The highest BCUT2D eigenvalue weighted by molar-refractivity contribution is 5.83. The summed E-state index contributed by atoms with van der Waals surface area (Å²) in [5.41, 5.74) is 8.96. The number of aryl methyl sites for hydroxylation is 1. The van der Waals surface area contributed by atoms with Crippen LogP contribution >= 0.6 is 0 Å². The number of anilines is 1. The van der Waals surface area contributed by atoms with Crippen molar-refractivity contribution in [3.63, 3.8) is 0 Å². The lowest BCUT2D eigenvalue weighted by Crippen LogP contribution is -2.07. The van der Waals surface area contributed by atoms with Crippen LogP contribution in [0, 0.1) is 6.92 Å². The molecule has 0 saturated heterocycles. The summed E-state index contributed by atoms with van der Waals surface area (Å²) in [4.78, 5) is 0.